The van der Waals surface area contributed by atoms with Crippen LogP contribution in [0.1, 0.15) is 43.9 Å². The van der Waals surface area contributed by atoms with Crippen LogP contribution in [0.4, 0.5) is 5.69 Å². The fourth-order valence-electron chi connectivity index (χ4n) is 4.80. The van der Waals surface area contributed by atoms with E-state index in [0.29, 0.717) is 17.1 Å². The Hall–Kier alpha value is -2.59. The van der Waals surface area contributed by atoms with Gasteiger partial charge in [0.15, 0.2) is 5.60 Å². The Labute approximate surface area is 256 Å². The maximum atomic E-state index is 13.0. The lowest BCUT2D eigenvalue weighted by Gasteiger charge is -2.50. The van der Waals surface area contributed by atoms with Crippen LogP contribution in [0.3, 0.4) is 0 Å². The van der Waals surface area contributed by atoms with Gasteiger partial charge in [-0.1, -0.05) is 53.8 Å². The molecule has 0 bridgehead atoms. The van der Waals surface area contributed by atoms with Crippen molar-refractivity contribution in [2.45, 2.75) is 60.6 Å². The van der Waals surface area contributed by atoms with Gasteiger partial charge in [-0.2, -0.15) is 0 Å². The highest BCUT2D eigenvalue weighted by molar-refractivity contribution is 14.1. The zero-order chi connectivity index (χ0) is 30.6. The van der Waals surface area contributed by atoms with Crippen LogP contribution in [0.5, 0.6) is 0 Å². The average Bonchev–Trinajstić information content (AvgIpc) is 3.42. The number of amides is 1. The Bertz CT molecular complexity index is 1130. The second kappa shape index (κ2) is 16.2. The number of ether oxygens (including phenoxy) is 1. The summed E-state index contributed by atoms with van der Waals surface area (Å²) < 4.78 is 6.04. The van der Waals surface area contributed by atoms with Crippen molar-refractivity contribution in [3.63, 3.8) is 0 Å². The van der Waals surface area contributed by atoms with Gasteiger partial charge in [0, 0.05) is 37.2 Å². The Morgan fingerprint density at radius 1 is 1.10 bits per heavy atom. The minimum absolute atomic E-state index is 0.166. The lowest BCUT2D eigenvalue weighted by Crippen LogP contribution is -2.62. The summed E-state index contributed by atoms with van der Waals surface area (Å²) in [7, 11) is 1.74. The molecule has 4 N–H and O–H groups in total. The van der Waals surface area contributed by atoms with Crippen molar-refractivity contribution in [2.75, 3.05) is 31.7 Å². The number of nitrogens with zero attached hydrogens (tertiary/aromatic N) is 2. The van der Waals surface area contributed by atoms with E-state index in [1.54, 1.807) is 7.11 Å². The minimum Gasteiger partial charge on any atom is -0.481 e. The number of alkyl halides is 1. The highest BCUT2D eigenvalue weighted by atomic mass is 127. The van der Waals surface area contributed by atoms with E-state index in [9.17, 15) is 19.2 Å². The summed E-state index contributed by atoms with van der Waals surface area (Å²) in [4.78, 5) is 49.5. The first-order valence-corrected chi connectivity index (χ1v) is 15.2. The standard InChI is InChI=1S/C22H29IN2O2S.C6H8O7/c1-3-21(26)25(18-8-5-4-6-9-18)22(17-27-2)12-14-24(20(23)16-22)13-11-19-10-7-15-28-19;7-3(8)1-6(13,5(11)12)2-4(9)10/h4-10,15,20H,3,11-14,16-17H2,1-2H3;13H,1-2H2,(H,7,8)(H,9,10)(H,11,12). The zero-order valence-corrected chi connectivity index (χ0v) is 26.0. The fourth-order valence-corrected chi connectivity index (χ4v) is 6.87. The number of carbonyl (C=O) groups excluding carboxylic acids is 1. The van der Waals surface area contributed by atoms with Crippen LogP contribution < -0.4 is 4.90 Å². The third kappa shape index (κ3) is 10.0. The first-order chi connectivity index (χ1) is 19.4. The molecule has 41 heavy (non-hydrogen) atoms. The molecule has 1 amide bonds. The highest BCUT2D eigenvalue weighted by Crippen LogP contribution is 2.39. The molecule has 13 heteroatoms. The quantitative estimate of drug-likeness (QED) is 0.137. The summed E-state index contributed by atoms with van der Waals surface area (Å²) in [6.45, 7) is 4.54. The number of methoxy groups -OCH3 is 1. The second-order valence-electron chi connectivity index (χ2n) is 9.81. The number of aliphatic carboxylic acids is 3. The molecule has 1 fully saturated rings. The van der Waals surface area contributed by atoms with Gasteiger partial charge in [0.05, 0.1) is 29.0 Å². The first-order valence-electron chi connectivity index (χ1n) is 13.0. The smallest absolute Gasteiger partial charge is 0.336 e. The number of likely N-dealkylation sites (tertiary alicyclic amines) is 1. The SMILES string of the molecule is CCC(=O)N(c1ccccc1)C1(COC)CCN(CCc2cccs2)C(I)C1.O=C(O)CC(O)(CC(=O)O)C(=O)O. The number of carboxylic acid groups (broad SMARTS) is 3. The molecule has 0 spiro atoms. The monoisotopic (exact) mass is 704 g/mol. The number of thiophene rings is 1. The largest absolute Gasteiger partial charge is 0.481 e. The number of piperidine rings is 1. The van der Waals surface area contributed by atoms with Crippen LogP contribution in [0.2, 0.25) is 0 Å². The molecule has 2 aromatic rings. The van der Waals surface area contributed by atoms with Crippen LogP contribution >= 0.6 is 33.9 Å². The molecular formula is C28H37IN2O9S. The van der Waals surface area contributed by atoms with Crippen LogP contribution in [0.25, 0.3) is 0 Å². The molecule has 1 saturated heterocycles. The van der Waals surface area contributed by atoms with Crippen molar-refractivity contribution in [2.24, 2.45) is 0 Å². The van der Waals surface area contributed by atoms with Gasteiger partial charge >= 0.3 is 17.9 Å². The van der Waals surface area contributed by atoms with Crippen LogP contribution in [-0.4, -0.2) is 91.1 Å². The molecule has 2 unspecified atom stereocenters. The fraction of sp³-hybridized carbons (Fsp3) is 0.500. The van der Waals surface area contributed by atoms with Gasteiger partial charge < -0.3 is 30.1 Å². The van der Waals surface area contributed by atoms with E-state index in [1.807, 2.05) is 53.5 Å². The zero-order valence-electron chi connectivity index (χ0n) is 23.1. The van der Waals surface area contributed by atoms with Gasteiger partial charge in [-0.05, 0) is 42.8 Å². The van der Waals surface area contributed by atoms with E-state index in [4.69, 9.17) is 25.2 Å². The van der Waals surface area contributed by atoms with E-state index >= 15 is 0 Å². The van der Waals surface area contributed by atoms with Gasteiger partial charge in [0.2, 0.25) is 5.91 Å². The average molecular weight is 705 g/mol. The minimum atomic E-state index is -2.74. The predicted molar refractivity (Wildman–Crippen MR) is 163 cm³/mol. The molecule has 1 aromatic carbocycles. The number of anilines is 1. The van der Waals surface area contributed by atoms with Crippen molar-refractivity contribution >= 4 is 63.4 Å². The maximum absolute atomic E-state index is 13.0. The van der Waals surface area contributed by atoms with Crippen LogP contribution in [0, 0.1) is 0 Å². The molecule has 1 aliphatic heterocycles. The van der Waals surface area contributed by atoms with Crippen molar-refractivity contribution < 1.29 is 44.3 Å². The Morgan fingerprint density at radius 2 is 1.73 bits per heavy atom. The third-order valence-electron chi connectivity index (χ3n) is 6.77. The highest BCUT2D eigenvalue weighted by Gasteiger charge is 2.46. The predicted octanol–water partition coefficient (Wildman–Crippen LogP) is 3.73. The van der Waals surface area contributed by atoms with Crippen molar-refractivity contribution in [3.05, 3.63) is 52.7 Å². The number of carboxylic acids is 3. The first kappa shape index (κ1) is 34.6. The molecule has 1 aliphatic rings. The summed E-state index contributed by atoms with van der Waals surface area (Å²) in [6, 6.07) is 14.4. The van der Waals surface area contributed by atoms with E-state index in [0.717, 1.165) is 38.0 Å². The summed E-state index contributed by atoms with van der Waals surface area (Å²) >= 11 is 4.38. The molecule has 3 rings (SSSR count). The summed E-state index contributed by atoms with van der Waals surface area (Å²) in [5.41, 5.74) is -2.06. The lowest BCUT2D eigenvalue weighted by atomic mass is 9.85. The van der Waals surface area contributed by atoms with Gasteiger partial charge in [-0.15, -0.1) is 11.3 Å². The number of aliphatic hydroxyl groups is 1. The lowest BCUT2D eigenvalue weighted by molar-refractivity contribution is -0.170. The Kier molecular flexibility index (Phi) is 13.6. The van der Waals surface area contributed by atoms with Crippen molar-refractivity contribution in [3.8, 4) is 0 Å². The van der Waals surface area contributed by atoms with Gasteiger partial charge in [-0.25, -0.2) is 4.79 Å². The normalized spacial score (nSPS) is 19.1. The maximum Gasteiger partial charge on any atom is 0.336 e. The number of hydrogen-bond donors (Lipinski definition) is 4. The van der Waals surface area contributed by atoms with Gasteiger partial charge in [0.1, 0.15) is 0 Å². The molecule has 2 atom stereocenters. The third-order valence-corrected chi connectivity index (χ3v) is 8.94. The molecule has 1 aromatic heterocycles. The number of benzene rings is 1. The molecule has 11 nitrogen and oxygen atoms in total. The number of para-hydroxylation sites is 1. The summed E-state index contributed by atoms with van der Waals surface area (Å²) in [5, 5.41) is 36.0. The Morgan fingerprint density at radius 3 is 2.20 bits per heavy atom. The molecule has 0 aliphatic carbocycles. The second-order valence-corrected chi connectivity index (χ2v) is 12.3. The van der Waals surface area contributed by atoms with E-state index in [-0.39, 0.29) is 11.4 Å². The molecule has 226 valence electrons. The van der Waals surface area contributed by atoms with E-state index in [2.05, 4.69) is 45.0 Å². The van der Waals surface area contributed by atoms with E-state index in [1.165, 1.54) is 4.88 Å². The topological polar surface area (TPSA) is 165 Å². The van der Waals surface area contributed by atoms with Gasteiger partial charge in [0.25, 0.3) is 0 Å². The number of carbonyl (C=O) groups is 4. The number of halogens is 1. The van der Waals surface area contributed by atoms with E-state index < -0.39 is 36.4 Å². The van der Waals surface area contributed by atoms with Crippen molar-refractivity contribution in [1.29, 1.82) is 0 Å². The van der Waals surface area contributed by atoms with Gasteiger partial charge in [-0.3, -0.25) is 19.3 Å². The summed E-state index contributed by atoms with van der Waals surface area (Å²) in [6.07, 6.45) is 1.13. The number of hydrogen-bond acceptors (Lipinski definition) is 8. The number of rotatable bonds is 13. The molecule has 0 saturated carbocycles. The van der Waals surface area contributed by atoms with Crippen LogP contribution in [-0.2, 0) is 30.3 Å². The molecular weight excluding hydrogens is 667 g/mol. The van der Waals surface area contributed by atoms with Crippen molar-refractivity contribution in [1.82, 2.24) is 4.90 Å². The Balaban J connectivity index is 0.000000383. The van der Waals surface area contributed by atoms with Crippen LogP contribution in [0.15, 0.2) is 47.8 Å². The molecule has 2 heterocycles. The molecule has 0 radical (unpaired) electrons. The summed E-state index contributed by atoms with van der Waals surface area (Å²) in [5.74, 6) is -4.85.